The molecular weight excluding hydrogens is 214 g/mol. The molecule has 0 bridgehead atoms. The SMILES string of the molecule is C=CCC(C)(C(=O)O)c1ccc(F)cc1F. The van der Waals surface area contributed by atoms with E-state index in [2.05, 4.69) is 6.58 Å². The molecule has 0 fully saturated rings. The van der Waals surface area contributed by atoms with Crippen LogP contribution >= 0.6 is 0 Å². The minimum Gasteiger partial charge on any atom is -0.481 e. The highest BCUT2D eigenvalue weighted by molar-refractivity contribution is 5.81. The zero-order chi connectivity index (χ0) is 12.3. The minimum absolute atomic E-state index is 0.0405. The number of halogens is 2. The third-order valence-corrected chi connectivity index (χ3v) is 2.55. The molecule has 0 amide bonds. The Morgan fingerprint density at radius 1 is 1.56 bits per heavy atom. The van der Waals surface area contributed by atoms with Crippen molar-refractivity contribution in [3.63, 3.8) is 0 Å². The predicted octanol–water partition coefficient (Wildman–Crippen LogP) is 2.88. The zero-order valence-electron chi connectivity index (χ0n) is 8.84. The molecule has 0 aliphatic heterocycles. The molecular formula is C12H12F2O2. The van der Waals surface area contributed by atoms with E-state index in [1.54, 1.807) is 0 Å². The first-order valence-corrected chi connectivity index (χ1v) is 4.71. The monoisotopic (exact) mass is 226 g/mol. The summed E-state index contributed by atoms with van der Waals surface area (Å²) in [6.45, 7) is 4.82. The minimum atomic E-state index is -1.42. The molecule has 0 saturated carbocycles. The van der Waals surface area contributed by atoms with Crippen LogP contribution in [0.5, 0.6) is 0 Å². The van der Waals surface area contributed by atoms with Gasteiger partial charge in [-0.2, -0.15) is 0 Å². The quantitative estimate of drug-likeness (QED) is 0.801. The van der Waals surface area contributed by atoms with Crippen LogP contribution in [0, 0.1) is 11.6 Å². The number of carboxylic acid groups (broad SMARTS) is 1. The van der Waals surface area contributed by atoms with Crippen molar-refractivity contribution < 1.29 is 18.7 Å². The zero-order valence-corrected chi connectivity index (χ0v) is 8.84. The Hall–Kier alpha value is -1.71. The molecule has 0 aromatic heterocycles. The van der Waals surface area contributed by atoms with E-state index in [1.165, 1.54) is 13.0 Å². The molecule has 0 spiro atoms. The number of hydrogen-bond donors (Lipinski definition) is 1. The first kappa shape index (κ1) is 12.4. The Balaban J connectivity index is 3.31. The van der Waals surface area contributed by atoms with Crippen molar-refractivity contribution in [3.05, 3.63) is 48.1 Å². The first-order chi connectivity index (χ1) is 7.41. The van der Waals surface area contributed by atoms with Crippen LogP contribution in [0.25, 0.3) is 0 Å². The molecule has 1 N–H and O–H groups in total. The van der Waals surface area contributed by atoms with Crippen molar-refractivity contribution in [1.29, 1.82) is 0 Å². The topological polar surface area (TPSA) is 37.3 Å². The molecule has 1 unspecified atom stereocenters. The van der Waals surface area contributed by atoms with Gasteiger partial charge in [0.25, 0.3) is 0 Å². The molecule has 86 valence electrons. The summed E-state index contributed by atoms with van der Waals surface area (Å²) in [6, 6.07) is 2.88. The Labute approximate surface area is 92.2 Å². The maximum atomic E-state index is 13.5. The van der Waals surface area contributed by atoms with Crippen LogP contribution in [0.15, 0.2) is 30.9 Å². The summed E-state index contributed by atoms with van der Waals surface area (Å²) >= 11 is 0. The highest BCUT2D eigenvalue weighted by Crippen LogP contribution is 2.30. The Kier molecular flexibility index (Phi) is 3.42. The van der Waals surface area contributed by atoms with Crippen LogP contribution in [-0.4, -0.2) is 11.1 Å². The van der Waals surface area contributed by atoms with Crippen LogP contribution in [0.3, 0.4) is 0 Å². The summed E-state index contributed by atoms with van der Waals surface area (Å²) < 4.78 is 26.2. The molecule has 2 nitrogen and oxygen atoms in total. The van der Waals surface area contributed by atoms with Crippen molar-refractivity contribution in [2.24, 2.45) is 0 Å². The number of rotatable bonds is 4. The van der Waals surface area contributed by atoms with E-state index in [4.69, 9.17) is 5.11 Å². The third kappa shape index (κ3) is 2.10. The van der Waals surface area contributed by atoms with Gasteiger partial charge >= 0.3 is 5.97 Å². The highest BCUT2D eigenvalue weighted by Gasteiger charge is 2.36. The van der Waals surface area contributed by atoms with Crippen LogP contribution in [0.2, 0.25) is 0 Å². The Morgan fingerprint density at radius 2 is 2.19 bits per heavy atom. The second kappa shape index (κ2) is 4.43. The summed E-state index contributed by atoms with van der Waals surface area (Å²) in [5.41, 5.74) is -1.46. The number of allylic oxidation sites excluding steroid dienone is 1. The predicted molar refractivity (Wildman–Crippen MR) is 56.2 cm³/mol. The molecule has 1 rings (SSSR count). The van der Waals surface area contributed by atoms with Gasteiger partial charge in [-0.15, -0.1) is 6.58 Å². The summed E-state index contributed by atoms with van der Waals surface area (Å²) in [5, 5.41) is 9.10. The molecule has 0 heterocycles. The number of hydrogen-bond acceptors (Lipinski definition) is 1. The molecule has 1 aromatic rings. The molecule has 16 heavy (non-hydrogen) atoms. The number of aliphatic carboxylic acids is 1. The van der Waals surface area contributed by atoms with Gasteiger partial charge in [0.15, 0.2) is 0 Å². The van der Waals surface area contributed by atoms with Crippen molar-refractivity contribution in [2.75, 3.05) is 0 Å². The van der Waals surface area contributed by atoms with Gasteiger partial charge in [-0.1, -0.05) is 12.1 Å². The van der Waals surface area contributed by atoms with Crippen molar-refractivity contribution in [2.45, 2.75) is 18.8 Å². The Bertz CT molecular complexity index is 429. The van der Waals surface area contributed by atoms with Gasteiger partial charge in [0.1, 0.15) is 11.6 Å². The van der Waals surface area contributed by atoms with Gasteiger partial charge < -0.3 is 5.11 Å². The van der Waals surface area contributed by atoms with Crippen LogP contribution in [0.4, 0.5) is 8.78 Å². The summed E-state index contributed by atoms with van der Waals surface area (Å²) in [7, 11) is 0. The lowest BCUT2D eigenvalue weighted by molar-refractivity contribution is -0.143. The molecule has 0 saturated heterocycles. The lowest BCUT2D eigenvalue weighted by Gasteiger charge is -2.24. The standard InChI is InChI=1S/C12H12F2O2/c1-3-6-12(2,11(15)16)9-5-4-8(13)7-10(9)14/h3-5,7H,1,6H2,2H3,(H,15,16). The van der Waals surface area contributed by atoms with Gasteiger partial charge in [0, 0.05) is 11.6 Å². The maximum Gasteiger partial charge on any atom is 0.314 e. The average Bonchev–Trinajstić information content (AvgIpc) is 2.17. The second-order valence-corrected chi connectivity index (χ2v) is 3.75. The van der Waals surface area contributed by atoms with E-state index in [9.17, 15) is 13.6 Å². The lowest BCUT2D eigenvalue weighted by atomic mass is 9.79. The van der Waals surface area contributed by atoms with Crippen LogP contribution < -0.4 is 0 Å². The normalized spacial score (nSPS) is 14.2. The fourth-order valence-electron chi connectivity index (χ4n) is 1.54. The summed E-state index contributed by atoms with van der Waals surface area (Å²) in [6.07, 6.45) is 1.47. The molecule has 1 atom stereocenters. The molecule has 1 aromatic carbocycles. The smallest absolute Gasteiger partial charge is 0.314 e. The molecule has 0 aliphatic carbocycles. The number of benzene rings is 1. The summed E-state index contributed by atoms with van der Waals surface area (Å²) in [5.74, 6) is -2.75. The van der Waals surface area contributed by atoms with Gasteiger partial charge in [-0.05, 0) is 19.4 Å². The number of carboxylic acids is 1. The van der Waals surface area contributed by atoms with E-state index in [1.807, 2.05) is 0 Å². The molecule has 4 heteroatoms. The van der Waals surface area contributed by atoms with E-state index in [0.29, 0.717) is 6.07 Å². The fraction of sp³-hybridized carbons (Fsp3) is 0.250. The average molecular weight is 226 g/mol. The van der Waals surface area contributed by atoms with Gasteiger partial charge in [0.05, 0.1) is 5.41 Å². The highest BCUT2D eigenvalue weighted by atomic mass is 19.1. The maximum absolute atomic E-state index is 13.5. The fourth-order valence-corrected chi connectivity index (χ4v) is 1.54. The van der Waals surface area contributed by atoms with Gasteiger partial charge in [0.2, 0.25) is 0 Å². The van der Waals surface area contributed by atoms with E-state index in [-0.39, 0.29) is 12.0 Å². The van der Waals surface area contributed by atoms with Crippen molar-refractivity contribution >= 4 is 5.97 Å². The lowest BCUT2D eigenvalue weighted by Crippen LogP contribution is -2.32. The second-order valence-electron chi connectivity index (χ2n) is 3.75. The first-order valence-electron chi connectivity index (χ1n) is 4.71. The van der Waals surface area contributed by atoms with E-state index >= 15 is 0 Å². The van der Waals surface area contributed by atoms with Crippen molar-refractivity contribution in [3.8, 4) is 0 Å². The third-order valence-electron chi connectivity index (χ3n) is 2.55. The largest absolute Gasteiger partial charge is 0.481 e. The van der Waals surface area contributed by atoms with E-state index in [0.717, 1.165) is 12.1 Å². The van der Waals surface area contributed by atoms with Gasteiger partial charge in [-0.3, -0.25) is 4.79 Å². The number of carbonyl (C=O) groups is 1. The molecule has 0 aliphatic rings. The van der Waals surface area contributed by atoms with Crippen molar-refractivity contribution in [1.82, 2.24) is 0 Å². The van der Waals surface area contributed by atoms with Crippen LogP contribution in [-0.2, 0) is 10.2 Å². The van der Waals surface area contributed by atoms with Crippen LogP contribution in [0.1, 0.15) is 18.9 Å². The summed E-state index contributed by atoms with van der Waals surface area (Å²) in [4.78, 5) is 11.1. The van der Waals surface area contributed by atoms with Gasteiger partial charge in [-0.25, -0.2) is 8.78 Å². The Morgan fingerprint density at radius 3 is 2.62 bits per heavy atom. The molecule has 0 radical (unpaired) electrons. The van der Waals surface area contributed by atoms with E-state index < -0.39 is 23.0 Å².